The van der Waals surface area contributed by atoms with E-state index in [9.17, 15) is 9.90 Å². The zero-order valence-electron chi connectivity index (χ0n) is 16.8. The zero-order chi connectivity index (χ0) is 20.4. The van der Waals surface area contributed by atoms with Crippen molar-refractivity contribution in [2.75, 3.05) is 18.4 Å². The smallest absolute Gasteiger partial charge is 0.224 e. The second kappa shape index (κ2) is 10.8. The quantitative estimate of drug-likeness (QED) is 0.382. The lowest BCUT2D eigenvalue weighted by molar-refractivity contribution is -0.116. The number of hydrogen-bond acceptors (Lipinski definition) is 4. The van der Waals surface area contributed by atoms with E-state index in [1.54, 1.807) is 6.92 Å². The van der Waals surface area contributed by atoms with Crippen LogP contribution in [0, 0.1) is 0 Å². The number of hydrogen-bond donors (Lipinski definition) is 4. The standard InChI is InChI=1S/C21H30N4O2S/c1-4-7-19(26)25-17-11-9-16(10-12-17)14-23-20(22-5-2)24-15-21(3,27)18-8-6-13-28-18/h6,8-13,27H,4-5,7,14-15H2,1-3H3,(H,25,26)(H2,22,23,24). The van der Waals surface area contributed by atoms with Gasteiger partial charge in [0, 0.05) is 23.5 Å². The number of aliphatic hydroxyl groups is 1. The SMILES string of the molecule is CCCC(=O)Nc1ccc(CN=C(NCC)NCC(C)(O)c2cccs2)cc1. The number of benzene rings is 1. The Morgan fingerprint density at radius 1 is 1.18 bits per heavy atom. The average molecular weight is 403 g/mol. The average Bonchev–Trinajstić information content (AvgIpc) is 3.21. The molecule has 0 saturated heterocycles. The number of carbonyl (C=O) groups excluding carboxylic acids is 1. The number of nitrogens with zero attached hydrogens (tertiary/aromatic N) is 1. The van der Waals surface area contributed by atoms with Crippen LogP contribution in [0.15, 0.2) is 46.8 Å². The third kappa shape index (κ3) is 6.98. The van der Waals surface area contributed by atoms with Gasteiger partial charge in [-0.15, -0.1) is 11.3 Å². The van der Waals surface area contributed by atoms with Crippen LogP contribution in [-0.4, -0.2) is 30.1 Å². The van der Waals surface area contributed by atoms with Crippen molar-refractivity contribution in [1.29, 1.82) is 0 Å². The van der Waals surface area contributed by atoms with Crippen molar-refractivity contribution in [3.63, 3.8) is 0 Å². The molecule has 7 heteroatoms. The number of guanidine groups is 1. The van der Waals surface area contributed by atoms with E-state index in [-0.39, 0.29) is 5.91 Å². The number of anilines is 1. The molecule has 1 atom stereocenters. The van der Waals surface area contributed by atoms with Gasteiger partial charge in [-0.25, -0.2) is 4.99 Å². The van der Waals surface area contributed by atoms with Crippen LogP contribution in [0.25, 0.3) is 0 Å². The molecule has 4 N–H and O–H groups in total. The van der Waals surface area contributed by atoms with E-state index in [4.69, 9.17) is 0 Å². The number of thiophene rings is 1. The monoisotopic (exact) mass is 402 g/mol. The highest BCUT2D eigenvalue weighted by atomic mass is 32.1. The Morgan fingerprint density at radius 2 is 1.93 bits per heavy atom. The lowest BCUT2D eigenvalue weighted by atomic mass is 10.1. The summed E-state index contributed by atoms with van der Waals surface area (Å²) in [4.78, 5) is 17.2. The summed E-state index contributed by atoms with van der Waals surface area (Å²) in [6.07, 6.45) is 1.36. The van der Waals surface area contributed by atoms with Gasteiger partial charge in [0.1, 0.15) is 5.60 Å². The van der Waals surface area contributed by atoms with Crippen molar-refractivity contribution in [1.82, 2.24) is 10.6 Å². The first-order valence-corrected chi connectivity index (χ1v) is 10.5. The van der Waals surface area contributed by atoms with Gasteiger partial charge in [-0.1, -0.05) is 25.1 Å². The van der Waals surface area contributed by atoms with E-state index < -0.39 is 5.60 Å². The van der Waals surface area contributed by atoms with Crippen molar-refractivity contribution >= 4 is 28.9 Å². The molecule has 0 aliphatic heterocycles. The van der Waals surface area contributed by atoms with E-state index in [1.807, 2.05) is 55.6 Å². The molecule has 2 rings (SSSR count). The van der Waals surface area contributed by atoms with Gasteiger partial charge in [-0.3, -0.25) is 4.79 Å². The van der Waals surface area contributed by atoms with Gasteiger partial charge in [0.25, 0.3) is 0 Å². The van der Waals surface area contributed by atoms with Crippen LogP contribution in [0.2, 0.25) is 0 Å². The summed E-state index contributed by atoms with van der Waals surface area (Å²) < 4.78 is 0. The van der Waals surface area contributed by atoms with Gasteiger partial charge in [0.05, 0.1) is 13.1 Å². The number of aliphatic imine (C=N–C) groups is 1. The van der Waals surface area contributed by atoms with Crippen LogP contribution in [0.3, 0.4) is 0 Å². The van der Waals surface area contributed by atoms with Crippen LogP contribution in [0.1, 0.15) is 44.1 Å². The van der Waals surface area contributed by atoms with Crippen molar-refractivity contribution in [2.45, 2.75) is 45.8 Å². The molecule has 1 aromatic carbocycles. The van der Waals surface area contributed by atoms with Gasteiger partial charge in [0.2, 0.25) is 5.91 Å². The predicted octanol–water partition coefficient (Wildman–Crippen LogP) is 3.45. The molecule has 0 radical (unpaired) electrons. The fraction of sp³-hybridized carbons (Fsp3) is 0.429. The van der Waals surface area contributed by atoms with E-state index in [2.05, 4.69) is 20.9 Å². The van der Waals surface area contributed by atoms with Gasteiger partial charge in [-0.2, -0.15) is 0 Å². The van der Waals surface area contributed by atoms with Gasteiger partial charge in [0.15, 0.2) is 5.96 Å². The minimum absolute atomic E-state index is 0.0321. The van der Waals surface area contributed by atoms with Crippen molar-refractivity contribution in [2.24, 2.45) is 4.99 Å². The molecule has 28 heavy (non-hydrogen) atoms. The molecule has 0 aliphatic carbocycles. The Hall–Kier alpha value is -2.38. The molecule has 152 valence electrons. The van der Waals surface area contributed by atoms with Gasteiger partial charge < -0.3 is 21.1 Å². The number of amides is 1. The molecule has 0 aliphatic rings. The Kier molecular flexibility index (Phi) is 8.47. The first-order chi connectivity index (χ1) is 13.4. The molecule has 1 aromatic heterocycles. The van der Waals surface area contributed by atoms with Gasteiger partial charge in [-0.05, 0) is 49.4 Å². The summed E-state index contributed by atoms with van der Waals surface area (Å²) in [6, 6.07) is 11.5. The Bertz CT molecular complexity index is 755. The minimum atomic E-state index is -0.956. The van der Waals surface area contributed by atoms with Crippen LogP contribution < -0.4 is 16.0 Å². The van der Waals surface area contributed by atoms with E-state index in [1.165, 1.54) is 11.3 Å². The molecule has 1 amide bonds. The van der Waals surface area contributed by atoms with Crippen molar-refractivity contribution < 1.29 is 9.90 Å². The van der Waals surface area contributed by atoms with E-state index in [0.717, 1.165) is 29.1 Å². The van der Waals surface area contributed by atoms with Crippen molar-refractivity contribution in [3.8, 4) is 0 Å². The number of carbonyl (C=O) groups is 1. The molecule has 1 heterocycles. The van der Waals surface area contributed by atoms with Crippen LogP contribution in [0.5, 0.6) is 0 Å². The summed E-state index contributed by atoms with van der Waals surface area (Å²) in [5.41, 5.74) is 0.877. The summed E-state index contributed by atoms with van der Waals surface area (Å²) in [7, 11) is 0. The number of nitrogens with one attached hydrogen (secondary N) is 3. The molecular weight excluding hydrogens is 372 g/mol. The largest absolute Gasteiger partial charge is 0.383 e. The van der Waals surface area contributed by atoms with Gasteiger partial charge >= 0.3 is 0 Å². The normalized spacial score (nSPS) is 13.6. The van der Waals surface area contributed by atoms with Crippen LogP contribution in [0.4, 0.5) is 5.69 Å². The lowest BCUT2D eigenvalue weighted by Crippen LogP contribution is -2.44. The maximum absolute atomic E-state index is 11.7. The maximum Gasteiger partial charge on any atom is 0.224 e. The molecule has 1 unspecified atom stereocenters. The summed E-state index contributed by atoms with van der Waals surface area (Å²) in [5.74, 6) is 0.685. The molecular formula is C21H30N4O2S. The molecule has 0 fully saturated rings. The predicted molar refractivity (Wildman–Crippen MR) is 117 cm³/mol. The summed E-state index contributed by atoms with van der Waals surface area (Å²) in [6.45, 7) is 7.37. The highest BCUT2D eigenvalue weighted by Crippen LogP contribution is 2.24. The topological polar surface area (TPSA) is 85.8 Å². The third-order valence-electron chi connectivity index (χ3n) is 4.13. The Morgan fingerprint density at radius 3 is 2.54 bits per heavy atom. The van der Waals surface area contributed by atoms with Crippen molar-refractivity contribution in [3.05, 3.63) is 52.2 Å². The number of rotatable bonds is 9. The van der Waals surface area contributed by atoms with Crippen LogP contribution >= 0.6 is 11.3 Å². The highest BCUT2D eigenvalue weighted by molar-refractivity contribution is 7.10. The zero-order valence-corrected chi connectivity index (χ0v) is 17.6. The Balaban J connectivity index is 1.93. The Labute approximate surface area is 171 Å². The summed E-state index contributed by atoms with van der Waals surface area (Å²) >= 11 is 1.53. The molecule has 0 bridgehead atoms. The summed E-state index contributed by atoms with van der Waals surface area (Å²) in [5, 5.41) is 21.9. The molecule has 6 nitrogen and oxygen atoms in total. The first kappa shape index (κ1) is 21.9. The molecule has 0 saturated carbocycles. The highest BCUT2D eigenvalue weighted by Gasteiger charge is 2.24. The second-order valence-corrected chi connectivity index (χ2v) is 7.74. The fourth-order valence-electron chi connectivity index (χ4n) is 2.58. The third-order valence-corrected chi connectivity index (χ3v) is 5.25. The molecule has 0 spiro atoms. The fourth-order valence-corrected chi connectivity index (χ4v) is 3.37. The lowest BCUT2D eigenvalue weighted by Gasteiger charge is -2.23. The second-order valence-electron chi connectivity index (χ2n) is 6.79. The minimum Gasteiger partial charge on any atom is -0.383 e. The first-order valence-electron chi connectivity index (χ1n) is 9.62. The van der Waals surface area contributed by atoms with E-state index in [0.29, 0.717) is 25.5 Å². The van der Waals surface area contributed by atoms with Crippen LogP contribution in [-0.2, 0) is 16.9 Å². The molecule has 2 aromatic rings. The maximum atomic E-state index is 11.7. The van der Waals surface area contributed by atoms with E-state index >= 15 is 0 Å².